The standard InChI is InChI=1S/C21H32N4O2/c1-3-4-13-19(26)25(15-10-6-5-9-14-22)16(2)20-23-18-12-8-7-11-17(18)21(27)24-20/h7-8,11-12,16H,3-6,9-10,13-15,22H2,1-2H3,(H,23,24,27)/p+1/t16-/m0/s1. The first-order chi connectivity index (χ1) is 13.1. The van der Waals surface area contributed by atoms with Crippen LogP contribution in [0.3, 0.4) is 0 Å². The SMILES string of the molecule is CCCCC(=O)N(CCCCCC[NH3+])[C@@H](C)c1nc2ccccc2c(=O)[nH]1. The Morgan fingerprint density at radius 2 is 1.93 bits per heavy atom. The van der Waals surface area contributed by atoms with Gasteiger partial charge in [-0.1, -0.05) is 31.9 Å². The monoisotopic (exact) mass is 373 g/mol. The number of hydrogen-bond donors (Lipinski definition) is 2. The zero-order valence-corrected chi connectivity index (χ0v) is 16.7. The van der Waals surface area contributed by atoms with E-state index in [1.54, 1.807) is 6.07 Å². The number of hydrogen-bond acceptors (Lipinski definition) is 3. The smallest absolute Gasteiger partial charge is 0.258 e. The Morgan fingerprint density at radius 1 is 1.19 bits per heavy atom. The fraction of sp³-hybridized carbons (Fsp3) is 0.571. The first-order valence-corrected chi connectivity index (χ1v) is 10.2. The number of amides is 1. The topological polar surface area (TPSA) is 93.7 Å². The first kappa shape index (κ1) is 21.1. The number of carbonyl (C=O) groups is 1. The summed E-state index contributed by atoms with van der Waals surface area (Å²) in [6.45, 7) is 5.68. The number of nitrogens with one attached hydrogen (secondary N) is 1. The second-order valence-electron chi connectivity index (χ2n) is 7.10. The lowest BCUT2D eigenvalue weighted by molar-refractivity contribution is -0.368. The molecule has 148 valence electrons. The highest BCUT2D eigenvalue weighted by Gasteiger charge is 2.23. The molecule has 0 saturated heterocycles. The van der Waals surface area contributed by atoms with Crippen LogP contribution in [0.1, 0.15) is 70.7 Å². The third kappa shape index (κ3) is 5.89. The Kier molecular flexibility index (Phi) is 8.45. The highest BCUT2D eigenvalue weighted by molar-refractivity contribution is 5.78. The van der Waals surface area contributed by atoms with E-state index in [0.29, 0.717) is 29.7 Å². The largest absolute Gasteiger partial charge is 0.358 e. The zero-order chi connectivity index (χ0) is 19.6. The van der Waals surface area contributed by atoms with Gasteiger partial charge in [-0.15, -0.1) is 0 Å². The molecule has 0 unspecified atom stereocenters. The zero-order valence-electron chi connectivity index (χ0n) is 16.7. The maximum Gasteiger partial charge on any atom is 0.258 e. The number of rotatable bonds is 11. The van der Waals surface area contributed by atoms with Crippen molar-refractivity contribution < 1.29 is 10.5 Å². The van der Waals surface area contributed by atoms with Gasteiger partial charge in [-0.3, -0.25) is 9.59 Å². The van der Waals surface area contributed by atoms with Crippen LogP contribution in [0.5, 0.6) is 0 Å². The van der Waals surface area contributed by atoms with Crippen LogP contribution in [-0.4, -0.2) is 33.9 Å². The van der Waals surface area contributed by atoms with Gasteiger partial charge in [0.2, 0.25) is 5.91 Å². The molecular formula is C21H33N4O2+. The normalized spacial score (nSPS) is 12.3. The molecule has 4 N–H and O–H groups in total. The van der Waals surface area contributed by atoms with Crippen LogP contribution in [0.4, 0.5) is 0 Å². The van der Waals surface area contributed by atoms with Gasteiger partial charge in [0.25, 0.3) is 5.56 Å². The number of benzene rings is 1. The van der Waals surface area contributed by atoms with Crippen LogP contribution in [-0.2, 0) is 4.79 Å². The summed E-state index contributed by atoms with van der Waals surface area (Å²) < 4.78 is 0. The van der Waals surface area contributed by atoms with E-state index >= 15 is 0 Å². The summed E-state index contributed by atoms with van der Waals surface area (Å²) in [5.41, 5.74) is 4.39. The molecule has 0 fully saturated rings. The van der Waals surface area contributed by atoms with Gasteiger partial charge in [-0.2, -0.15) is 0 Å². The Balaban J connectivity index is 2.19. The van der Waals surface area contributed by atoms with Crippen molar-refractivity contribution in [2.75, 3.05) is 13.1 Å². The molecule has 1 aromatic carbocycles. The molecule has 2 rings (SSSR count). The third-order valence-corrected chi connectivity index (χ3v) is 4.96. The molecule has 1 atom stereocenters. The minimum absolute atomic E-state index is 0.136. The fourth-order valence-corrected chi connectivity index (χ4v) is 3.27. The van der Waals surface area contributed by atoms with Gasteiger partial charge >= 0.3 is 0 Å². The van der Waals surface area contributed by atoms with Gasteiger partial charge < -0.3 is 15.6 Å². The lowest BCUT2D eigenvalue weighted by Crippen LogP contribution is -2.50. The summed E-state index contributed by atoms with van der Waals surface area (Å²) in [6, 6.07) is 7.05. The van der Waals surface area contributed by atoms with Crippen molar-refractivity contribution in [2.45, 2.75) is 64.8 Å². The molecule has 0 spiro atoms. The van der Waals surface area contributed by atoms with Gasteiger partial charge in [0.15, 0.2) is 0 Å². The number of carbonyl (C=O) groups excluding carboxylic acids is 1. The summed E-state index contributed by atoms with van der Waals surface area (Å²) in [5, 5.41) is 0.575. The van der Waals surface area contributed by atoms with E-state index in [-0.39, 0.29) is 17.5 Å². The van der Waals surface area contributed by atoms with Crippen LogP contribution in [0.15, 0.2) is 29.1 Å². The van der Waals surface area contributed by atoms with E-state index < -0.39 is 0 Å². The molecule has 6 nitrogen and oxygen atoms in total. The van der Waals surface area contributed by atoms with Crippen LogP contribution in [0, 0.1) is 0 Å². The second-order valence-corrected chi connectivity index (χ2v) is 7.10. The number of aromatic amines is 1. The van der Waals surface area contributed by atoms with Gasteiger partial charge in [-0.05, 0) is 44.7 Å². The summed E-state index contributed by atoms with van der Waals surface area (Å²) in [7, 11) is 0. The van der Waals surface area contributed by atoms with Crippen molar-refractivity contribution in [3.8, 4) is 0 Å². The maximum atomic E-state index is 12.8. The van der Waals surface area contributed by atoms with E-state index in [4.69, 9.17) is 0 Å². The molecule has 1 aromatic heterocycles. The number of quaternary nitrogens is 1. The van der Waals surface area contributed by atoms with Crippen molar-refractivity contribution >= 4 is 16.8 Å². The van der Waals surface area contributed by atoms with Crippen molar-refractivity contribution in [3.05, 3.63) is 40.4 Å². The maximum absolute atomic E-state index is 12.8. The summed E-state index contributed by atoms with van der Waals surface area (Å²) in [5.74, 6) is 0.693. The van der Waals surface area contributed by atoms with Crippen LogP contribution in [0.2, 0.25) is 0 Å². The molecule has 0 aliphatic carbocycles. The molecule has 1 heterocycles. The Labute approximate surface area is 161 Å². The van der Waals surface area contributed by atoms with E-state index in [0.717, 1.165) is 45.1 Å². The molecule has 0 aliphatic heterocycles. The number of H-pyrrole nitrogens is 1. The Hall–Kier alpha value is -2.21. The van der Waals surface area contributed by atoms with Crippen LogP contribution in [0.25, 0.3) is 10.9 Å². The lowest BCUT2D eigenvalue weighted by atomic mass is 10.1. The molecular weight excluding hydrogens is 340 g/mol. The average Bonchev–Trinajstić information content (AvgIpc) is 2.68. The minimum atomic E-state index is -0.250. The van der Waals surface area contributed by atoms with E-state index in [2.05, 4.69) is 22.6 Å². The molecule has 0 aliphatic rings. The number of unbranched alkanes of at least 4 members (excludes halogenated alkanes) is 4. The van der Waals surface area contributed by atoms with E-state index in [1.165, 1.54) is 0 Å². The van der Waals surface area contributed by atoms with Crippen LogP contribution >= 0.6 is 0 Å². The lowest BCUT2D eigenvalue weighted by Gasteiger charge is -2.29. The number of fused-ring (bicyclic) bond motifs is 1. The summed E-state index contributed by atoms with van der Waals surface area (Å²) in [4.78, 5) is 34.6. The molecule has 1 amide bonds. The summed E-state index contributed by atoms with van der Waals surface area (Å²) in [6.07, 6.45) is 6.71. The average molecular weight is 374 g/mol. The molecule has 0 bridgehead atoms. The quantitative estimate of drug-likeness (QED) is 0.593. The fourth-order valence-electron chi connectivity index (χ4n) is 3.27. The van der Waals surface area contributed by atoms with Crippen molar-refractivity contribution in [1.82, 2.24) is 14.9 Å². The van der Waals surface area contributed by atoms with E-state index in [9.17, 15) is 9.59 Å². The molecule has 0 saturated carbocycles. The number of nitrogens with zero attached hydrogens (tertiary/aromatic N) is 2. The van der Waals surface area contributed by atoms with Crippen molar-refractivity contribution in [3.63, 3.8) is 0 Å². The number of para-hydroxylation sites is 1. The Bertz CT molecular complexity index is 787. The van der Waals surface area contributed by atoms with Crippen molar-refractivity contribution in [2.24, 2.45) is 0 Å². The first-order valence-electron chi connectivity index (χ1n) is 10.2. The van der Waals surface area contributed by atoms with Crippen molar-refractivity contribution in [1.29, 1.82) is 0 Å². The van der Waals surface area contributed by atoms with E-state index in [1.807, 2.05) is 30.0 Å². The number of aromatic nitrogens is 2. The third-order valence-electron chi connectivity index (χ3n) is 4.96. The van der Waals surface area contributed by atoms with Gasteiger partial charge in [0, 0.05) is 13.0 Å². The molecule has 2 aromatic rings. The molecule has 27 heavy (non-hydrogen) atoms. The predicted octanol–water partition coefficient (Wildman–Crippen LogP) is 2.81. The summed E-state index contributed by atoms with van der Waals surface area (Å²) >= 11 is 0. The van der Waals surface area contributed by atoms with Gasteiger partial charge in [0.05, 0.1) is 23.5 Å². The molecule has 6 heteroatoms. The van der Waals surface area contributed by atoms with Gasteiger partial charge in [0.1, 0.15) is 5.82 Å². The molecule has 0 radical (unpaired) electrons. The second kappa shape index (κ2) is 10.8. The predicted molar refractivity (Wildman–Crippen MR) is 108 cm³/mol. The van der Waals surface area contributed by atoms with Crippen LogP contribution < -0.4 is 11.3 Å². The highest BCUT2D eigenvalue weighted by atomic mass is 16.2. The minimum Gasteiger partial charge on any atom is -0.358 e. The van der Waals surface area contributed by atoms with Gasteiger partial charge in [-0.25, -0.2) is 4.98 Å². The Morgan fingerprint density at radius 3 is 2.67 bits per heavy atom. The highest BCUT2D eigenvalue weighted by Crippen LogP contribution is 2.20.